The van der Waals surface area contributed by atoms with Gasteiger partial charge in [-0.05, 0) is 5.89 Å². The highest BCUT2D eigenvalue weighted by Gasteiger charge is 1.68. The van der Waals surface area contributed by atoms with Gasteiger partial charge >= 0.3 is 0 Å². The molecule has 0 aliphatic carbocycles. The Morgan fingerprint density at radius 3 is 3.25 bits per heavy atom. The van der Waals surface area contributed by atoms with E-state index in [0.29, 0.717) is 0 Å². The lowest BCUT2D eigenvalue weighted by atomic mass is 10.3. The van der Waals surface area contributed by atoms with Crippen LogP contribution in [0.5, 0.6) is 0 Å². The molecular formula is C4H9. The topological polar surface area (TPSA) is 0 Å². The summed E-state index contributed by atoms with van der Waals surface area (Å²) in [5.74, 6) is -3.12. The van der Waals surface area contributed by atoms with Crippen molar-refractivity contribution in [2.75, 3.05) is 0 Å². The van der Waals surface area contributed by atoms with Crippen LogP contribution in [-0.2, 0) is 0 Å². The van der Waals surface area contributed by atoms with Crippen LogP contribution in [0, 0.1) is 12.8 Å². The zero-order valence-electron chi connectivity index (χ0n) is 11.0. The van der Waals surface area contributed by atoms with Crippen LogP contribution >= 0.6 is 0 Å². The van der Waals surface area contributed by atoms with Gasteiger partial charge in [-0.25, -0.2) is 0 Å². The second-order valence-corrected chi connectivity index (χ2v) is 0.375. The van der Waals surface area contributed by atoms with Gasteiger partial charge in [-0.3, -0.25) is 0 Å². The Hall–Kier alpha value is 0. The van der Waals surface area contributed by atoms with E-state index in [-0.39, 0.29) is 0 Å². The molecule has 1 radical (unpaired) electrons. The maximum absolute atomic E-state index is 7.14. The van der Waals surface area contributed by atoms with Crippen molar-refractivity contribution in [1.29, 1.82) is 0 Å². The zero-order chi connectivity index (χ0) is 11.1. The van der Waals surface area contributed by atoms with Crippen molar-refractivity contribution in [3.8, 4) is 0 Å². The second kappa shape index (κ2) is 1.33. The predicted molar refractivity (Wildman–Crippen MR) is 20.2 cm³/mol. The van der Waals surface area contributed by atoms with Crippen molar-refractivity contribution in [2.45, 2.75) is 13.7 Å². The fraction of sp³-hybridized carbons (Fsp3) is 0.750. The van der Waals surface area contributed by atoms with E-state index in [4.69, 9.17) is 12.3 Å². The molecule has 25 valence electrons. The van der Waals surface area contributed by atoms with Crippen LogP contribution in [0.2, 0.25) is 0 Å². The molecule has 0 rings (SSSR count). The van der Waals surface area contributed by atoms with Gasteiger partial charge in [0.1, 0.15) is 0 Å². The lowest BCUT2D eigenvalue weighted by Crippen LogP contribution is -1.67. The molecule has 0 N–H and O–H groups in total. The molecule has 0 saturated carbocycles. The van der Waals surface area contributed by atoms with Crippen LogP contribution in [-0.4, -0.2) is 0 Å². The van der Waals surface area contributed by atoms with Gasteiger partial charge in [0.05, 0.1) is 0 Å². The van der Waals surface area contributed by atoms with Gasteiger partial charge in [0.2, 0.25) is 0 Å². The van der Waals surface area contributed by atoms with Crippen molar-refractivity contribution in [1.82, 2.24) is 0 Å². The fourth-order valence-corrected chi connectivity index (χ4v) is 0. The summed E-state index contributed by atoms with van der Waals surface area (Å²) in [7, 11) is 0. The highest BCUT2D eigenvalue weighted by Crippen LogP contribution is 1.80. The van der Waals surface area contributed by atoms with Crippen LogP contribution in [0.1, 0.15) is 26.0 Å². The average Bonchev–Trinajstić information content (AvgIpc) is 1.80. The Morgan fingerprint density at radius 2 is 3.25 bits per heavy atom. The Kier molecular flexibility index (Phi) is 0.0833. The van der Waals surface area contributed by atoms with Crippen molar-refractivity contribution in [3.63, 3.8) is 0 Å². The largest absolute Gasteiger partial charge is 0.0628 e. The van der Waals surface area contributed by atoms with E-state index in [0.717, 1.165) is 0 Å². The molecule has 0 aliphatic rings. The molecular weight excluding hydrogens is 48.0 g/mol. The minimum Gasteiger partial charge on any atom is -0.0628 e. The van der Waals surface area contributed by atoms with E-state index >= 15 is 0 Å². The van der Waals surface area contributed by atoms with E-state index in [9.17, 15) is 0 Å². The second-order valence-electron chi connectivity index (χ2n) is 0.375. The maximum atomic E-state index is 7.14. The number of rotatable bonds is 1. The maximum Gasteiger partial charge on any atom is 0.0297 e. The molecule has 0 aliphatic heterocycles. The van der Waals surface area contributed by atoms with Gasteiger partial charge in [0.15, 0.2) is 0 Å². The molecule has 4 heavy (non-hydrogen) atoms. The van der Waals surface area contributed by atoms with E-state index in [1.165, 1.54) is 0 Å². The van der Waals surface area contributed by atoms with E-state index < -0.39 is 26.5 Å². The molecule has 0 aromatic heterocycles. The molecule has 0 nitrogen and oxygen atoms in total. The van der Waals surface area contributed by atoms with Crippen LogP contribution in [0.15, 0.2) is 0 Å². The van der Waals surface area contributed by atoms with Crippen molar-refractivity contribution >= 4 is 0 Å². The summed E-state index contributed by atoms with van der Waals surface area (Å²) in [4.78, 5) is 0. The molecule has 0 spiro atoms. The molecule has 0 bridgehead atoms. The Morgan fingerprint density at radius 1 is 2.50 bits per heavy atom. The molecule has 0 amide bonds. The molecule has 0 fully saturated rings. The smallest absolute Gasteiger partial charge is 0.0297 e. The van der Waals surface area contributed by atoms with Crippen LogP contribution in [0.3, 0.4) is 0 Å². The van der Waals surface area contributed by atoms with Crippen molar-refractivity contribution in [3.05, 3.63) is 6.88 Å². The minimum absolute atomic E-state index is 1.42. The third kappa shape index (κ3) is 0. The lowest BCUT2D eigenvalue weighted by molar-refractivity contribution is 0.827. The fourth-order valence-electron chi connectivity index (χ4n) is 0. The Bertz CT molecular complexity index is 159. The first kappa shape index (κ1) is 0.250. The monoisotopic (exact) mass is 66.1 g/mol. The van der Waals surface area contributed by atoms with Gasteiger partial charge in [-0.2, -0.15) is 0 Å². The predicted octanol–water partition coefficient (Wildman–Crippen LogP) is 1.48. The standard InChI is InChI=1S/C4H9/c1-4(2)3/h4H,1H2,2-3H3/i1D2,2D3,3D3,4D. The van der Waals surface area contributed by atoms with Gasteiger partial charge in [0, 0.05) is 12.3 Å². The highest BCUT2D eigenvalue weighted by atomic mass is 13.7. The van der Waals surface area contributed by atoms with Crippen molar-refractivity contribution < 1.29 is 12.3 Å². The molecule has 0 aromatic carbocycles. The summed E-state index contributed by atoms with van der Waals surface area (Å²) in [5, 5.41) is 0. The quantitative estimate of drug-likeness (QED) is 0.435. The first-order valence-electron chi connectivity index (χ1n) is 5.25. The van der Waals surface area contributed by atoms with Gasteiger partial charge in [0.25, 0.3) is 0 Å². The van der Waals surface area contributed by atoms with E-state index in [1.54, 1.807) is 0 Å². The molecule has 0 unspecified atom stereocenters. The third-order valence-corrected chi connectivity index (χ3v) is 0. The Balaban J connectivity index is 5.22. The third-order valence-electron chi connectivity index (χ3n) is 0. The first-order valence-corrected chi connectivity index (χ1v) is 0.750. The lowest BCUT2D eigenvalue weighted by Gasteiger charge is -1.78. The summed E-state index contributed by atoms with van der Waals surface area (Å²) in [6, 6.07) is 0. The van der Waals surface area contributed by atoms with E-state index in [1.807, 2.05) is 0 Å². The van der Waals surface area contributed by atoms with Gasteiger partial charge in [-0.15, -0.1) is 0 Å². The van der Waals surface area contributed by atoms with Crippen LogP contribution in [0.4, 0.5) is 0 Å². The Labute approximate surface area is 40.5 Å². The summed E-state index contributed by atoms with van der Waals surface area (Å²) in [5.41, 5.74) is 0. The van der Waals surface area contributed by atoms with E-state index in [2.05, 4.69) is 0 Å². The van der Waals surface area contributed by atoms with Crippen LogP contribution < -0.4 is 0 Å². The number of hydrogen-bond acceptors (Lipinski definition) is 0. The number of hydrogen-bond donors (Lipinski definition) is 0. The summed E-state index contributed by atoms with van der Waals surface area (Å²) < 4.78 is 61.4. The van der Waals surface area contributed by atoms with Crippen molar-refractivity contribution in [2.24, 2.45) is 5.89 Å². The summed E-state index contributed by atoms with van der Waals surface area (Å²) >= 11 is 0. The van der Waals surface area contributed by atoms with Gasteiger partial charge < -0.3 is 0 Å². The van der Waals surface area contributed by atoms with Crippen LogP contribution in [0.25, 0.3) is 0 Å². The zero-order valence-corrected chi connectivity index (χ0v) is 2.00. The normalized spacial score (nSPS) is 51.8. The van der Waals surface area contributed by atoms with Gasteiger partial charge in [-0.1, -0.05) is 20.6 Å². The summed E-state index contributed by atoms with van der Waals surface area (Å²) in [6.45, 7) is -7.82. The highest BCUT2D eigenvalue weighted by molar-refractivity contribution is 4.38. The summed E-state index contributed by atoms with van der Waals surface area (Å²) in [6.07, 6.45) is 0. The molecule has 0 heterocycles. The molecule has 0 heteroatoms. The SMILES string of the molecule is [2H][C]([2H])C([2H])(C([2H])([2H])[2H])C([2H])([2H])[2H]. The first-order chi connectivity index (χ1) is 5.44. The molecule has 0 aromatic rings. The minimum atomic E-state index is -3.20. The average molecular weight is 66.2 g/mol. The molecule has 0 atom stereocenters. The molecule has 0 saturated heterocycles.